The van der Waals surface area contributed by atoms with Crippen molar-refractivity contribution in [1.29, 1.82) is 5.26 Å². The van der Waals surface area contributed by atoms with Gasteiger partial charge >= 0.3 is 0 Å². The van der Waals surface area contributed by atoms with Crippen LogP contribution in [0.1, 0.15) is 20.3 Å². The molecule has 1 fully saturated rings. The molecule has 0 bridgehead atoms. The van der Waals surface area contributed by atoms with E-state index < -0.39 is 0 Å². The fourth-order valence-corrected chi connectivity index (χ4v) is 1.08. The molecule has 10 heavy (non-hydrogen) atoms. The first-order valence-electron chi connectivity index (χ1n) is 3.60. The highest BCUT2D eigenvalue weighted by molar-refractivity contribution is 5.85. The van der Waals surface area contributed by atoms with Crippen molar-refractivity contribution in [3.63, 3.8) is 0 Å². The maximum Gasteiger partial charge on any atom is 0.139 e. The van der Waals surface area contributed by atoms with Gasteiger partial charge in [-0.05, 0) is 6.42 Å². The zero-order valence-corrected chi connectivity index (χ0v) is 6.29. The van der Waals surface area contributed by atoms with Gasteiger partial charge in [0, 0.05) is 11.8 Å². The predicted molar refractivity (Wildman–Crippen MR) is 37.1 cm³/mol. The zero-order chi connectivity index (χ0) is 7.72. The van der Waals surface area contributed by atoms with E-state index in [1.54, 1.807) is 0 Å². The highest BCUT2D eigenvalue weighted by Gasteiger charge is 2.43. The number of carbonyl (C=O) groups is 1. The van der Waals surface area contributed by atoms with Crippen molar-refractivity contribution in [2.75, 3.05) is 0 Å². The Morgan fingerprint density at radius 2 is 2.30 bits per heavy atom. The van der Waals surface area contributed by atoms with Gasteiger partial charge in [0.15, 0.2) is 0 Å². The van der Waals surface area contributed by atoms with Gasteiger partial charge in [0.1, 0.15) is 5.78 Å². The van der Waals surface area contributed by atoms with Crippen molar-refractivity contribution in [3.8, 4) is 6.07 Å². The molecule has 0 aliphatic heterocycles. The maximum absolute atomic E-state index is 11.1. The SMILES string of the molecule is CC(C)C(=O)C1CC1C#N. The minimum absolute atomic E-state index is 0.0369. The number of carbonyl (C=O) groups excluding carboxylic acids is 1. The first-order chi connectivity index (χ1) is 4.66. The molecule has 2 heteroatoms. The lowest BCUT2D eigenvalue weighted by Crippen LogP contribution is -2.09. The second-order valence-corrected chi connectivity index (χ2v) is 3.13. The number of hydrogen-bond donors (Lipinski definition) is 0. The summed E-state index contributed by atoms with van der Waals surface area (Å²) in [5.74, 6) is 0.467. The van der Waals surface area contributed by atoms with E-state index in [1.165, 1.54) is 0 Å². The molecule has 1 saturated carbocycles. The van der Waals surface area contributed by atoms with Gasteiger partial charge in [0.2, 0.25) is 0 Å². The zero-order valence-electron chi connectivity index (χ0n) is 6.29. The van der Waals surface area contributed by atoms with E-state index in [9.17, 15) is 4.79 Å². The summed E-state index contributed by atoms with van der Waals surface area (Å²) in [6.45, 7) is 3.77. The number of nitriles is 1. The summed E-state index contributed by atoms with van der Waals surface area (Å²) in [7, 11) is 0. The van der Waals surface area contributed by atoms with E-state index in [2.05, 4.69) is 6.07 Å². The van der Waals surface area contributed by atoms with E-state index in [0.29, 0.717) is 0 Å². The second-order valence-electron chi connectivity index (χ2n) is 3.13. The van der Waals surface area contributed by atoms with E-state index in [1.807, 2.05) is 13.8 Å². The Kier molecular flexibility index (Phi) is 1.76. The summed E-state index contributed by atoms with van der Waals surface area (Å²) < 4.78 is 0. The molecule has 1 aliphatic carbocycles. The van der Waals surface area contributed by atoms with Crippen molar-refractivity contribution in [3.05, 3.63) is 0 Å². The van der Waals surface area contributed by atoms with Crippen LogP contribution in [0.2, 0.25) is 0 Å². The van der Waals surface area contributed by atoms with Gasteiger partial charge < -0.3 is 0 Å². The average Bonchev–Trinajstić information content (AvgIpc) is 2.64. The molecule has 54 valence electrons. The summed E-state index contributed by atoms with van der Waals surface area (Å²) in [4.78, 5) is 11.1. The van der Waals surface area contributed by atoms with Crippen LogP contribution in [0.5, 0.6) is 0 Å². The van der Waals surface area contributed by atoms with Crippen molar-refractivity contribution < 1.29 is 4.79 Å². The predicted octanol–water partition coefficient (Wildman–Crippen LogP) is 1.37. The van der Waals surface area contributed by atoms with E-state index in [-0.39, 0.29) is 23.5 Å². The Bertz CT molecular complexity index is 190. The van der Waals surface area contributed by atoms with Crippen molar-refractivity contribution >= 4 is 5.78 Å². The lowest BCUT2D eigenvalue weighted by Gasteiger charge is -1.98. The Hall–Kier alpha value is -0.840. The third-order valence-electron chi connectivity index (χ3n) is 1.89. The number of hydrogen-bond acceptors (Lipinski definition) is 2. The molecule has 2 unspecified atom stereocenters. The maximum atomic E-state index is 11.1. The summed E-state index contributed by atoms with van der Waals surface area (Å²) in [6, 6.07) is 2.10. The van der Waals surface area contributed by atoms with Crippen LogP contribution in [0.25, 0.3) is 0 Å². The van der Waals surface area contributed by atoms with Gasteiger partial charge in [-0.3, -0.25) is 4.79 Å². The summed E-state index contributed by atoms with van der Waals surface area (Å²) in [6.07, 6.45) is 0.799. The van der Waals surface area contributed by atoms with Crippen molar-refractivity contribution in [2.45, 2.75) is 20.3 Å². The smallest absolute Gasteiger partial charge is 0.139 e. The number of rotatable bonds is 2. The molecular weight excluding hydrogens is 126 g/mol. The monoisotopic (exact) mass is 137 g/mol. The molecule has 0 aromatic carbocycles. The molecule has 0 aromatic rings. The van der Waals surface area contributed by atoms with Crippen LogP contribution in [-0.4, -0.2) is 5.78 Å². The van der Waals surface area contributed by atoms with Crippen LogP contribution >= 0.6 is 0 Å². The molecule has 0 heterocycles. The number of ketones is 1. The largest absolute Gasteiger partial charge is 0.299 e. The molecule has 1 rings (SSSR count). The summed E-state index contributed by atoms with van der Waals surface area (Å²) >= 11 is 0. The molecule has 1 aliphatic rings. The lowest BCUT2D eigenvalue weighted by molar-refractivity contribution is -0.123. The molecule has 0 saturated heterocycles. The van der Waals surface area contributed by atoms with Crippen LogP contribution in [0.4, 0.5) is 0 Å². The fraction of sp³-hybridized carbons (Fsp3) is 0.750. The van der Waals surface area contributed by atoms with E-state index >= 15 is 0 Å². The number of nitrogens with zero attached hydrogens (tertiary/aromatic N) is 1. The van der Waals surface area contributed by atoms with Crippen LogP contribution in [0.15, 0.2) is 0 Å². The minimum atomic E-state index is 0.0369. The van der Waals surface area contributed by atoms with Gasteiger partial charge in [-0.2, -0.15) is 5.26 Å². The molecular formula is C8H11NO. The van der Waals surface area contributed by atoms with Crippen molar-refractivity contribution in [2.24, 2.45) is 17.8 Å². The Labute approximate surface area is 60.8 Å². The fourth-order valence-electron chi connectivity index (χ4n) is 1.08. The van der Waals surface area contributed by atoms with Gasteiger partial charge in [0.05, 0.1) is 12.0 Å². The highest BCUT2D eigenvalue weighted by Crippen LogP contribution is 2.39. The van der Waals surface area contributed by atoms with Gasteiger partial charge in [-0.15, -0.1) is 0 Å². The molecule has 0 amide bonds. The van der Waals surface area contributed by atoms with Gasteiger partial charge in [0.25, 0.3) is 0 Å². The standard InChI is InChI=1S/C8H11NO/c1-5(2)8(10)7-3-6(7)4-9/h5-7H,3H2,1-2H3. The molecule has 0 aromatic heterocycles. The highest BCUT2D eigenvalue weighted by atomic mass is 16.1. The Balaban J connectivity index is 2.42. The first kappa shape index (κ1) is 7.27. The Morgan fingerprint density at radius 3 is 2.60 bits per heavy atom. The van der Waals surface area contributed by atoms with Gasteiger partial charge in [-0.1, -0.05) is 13.8 Å². The minimum Gasteiger partial charge on any atom is -0.299 e. The third-order valence-corrected chi connectivity index (χ3v) is 1.89. The summed E-state index contributed by atoms with van der Waals surface area (Å²) in [5.41, 5.74) is 0. The van der Waals surface area contributed by atoms with E-state index in [4.69, 9.17) is 5.26 Å². The topological polar surface area (TPSA) is 40.9 Å². The first-order valence-corrected chi connectivity index (χ1v) is 3.60. The lowest BCUT2D eigenvalue weighted by atomic mass is 10.0. The van der Waals surface area contributed by atoms with Gasteiger partial charge in [-0.25, -0.2) is 0 Å². The molecule has 0 radical (unpaired) electrons. The summed E-state index contributed by atoms with van der Waals surface area (Å²) in [5, 5.41) is 8.40. The molecule has 0 N–H and O–H groups in total. The third kappa shape index (κ3) is 1.18. The molecule has 2 nitrogen and oxygen atoms in total. The normalized spacial score (nSPS) is 29.8. The van der Waals surface area contributed by atoms with E-state index in [0.717, 1.165) is 6.42 Å². The van der Waals surface area contributed by atoms with Crippen molar-refractivity contribution in [1.82, 2.24) is 0 Å². The van der Waals surface area contributed by atoms with Crippen LogP contribution in [-0.2, 0) is 4.79 Å². The molecule has 2 atom stereocenters. The van der Waals surface area contributed by atoms with Crippen LogP contribution in [0.3, 0.4) is 0 Å². The molecule has 0 spiro atoms. The number of Topliss-reactive ketones (excluding diaryl/α,β-unsaturated/α-hetero) is 1. The van der Waals surface area contributed by atoms with Crippen LogP contribution < -0.4 is 0 Å². The Morgan fingerprint density at radius 1 is 1.70 bits per heavy atom. The second kappa shape index (κ2) is 2.42. The van der Waals surface area contributed by atoms with Crippen LogP contribution in [0, 0.1) is 29.1 Å². The average molecular weight is 137 g/mol. The quantitative estimate of drug-likeness (QED) is 0.576.